The van der Waals surface area contributed by atoms with Crippen LogP contribution in [0.2, 0.25) is 13.1 Å². The monoisotopic (exact) mass is 390 g/mol. The van der Waals surface area contributed by atoms with E-state index in [1.807, 2.05) is 31.4 Å². The maximum atomic E-state index is 5.53. The van der Waals surface area contributed by atoms with Gasteiger partial charge in [-0.25, -0.2) is 0 Å². The van der Waals surface area contributed by atoms with Crippen LogP contribution < -0.4 is 0 Å². The number of ether oxygens (including phenoxy) is 4. The van der Waals surface area contributed by atoms with Crippen LogP contribution in [0.4, 0.5) is 0 Å². The average molecular weight is 391 g/mol. The zero-order valence-corrected chi connectivity index (χ0v) is 19.4. The Kier molecular flexibility index (Phi) is 13.5. The fraction of sp³-hybridized carbons (Fsp3) is 1.00. The molecule has 4 nitrogen and oxygen atoms in total. The maximum Gasteiger partial charge on any atom is 0.144 e. The van der Waals surface area contributed by atoms with Crippen molar-refractivity contribution in [2.45, 2.75) is 36.8 Å². The van der Waals surface area contributed by atoms with Crippen molar-refractivity contribution in [1.29, 1.82) is 0 Å². The minimum absolute atomic E-state index is 0.284. The molecule has 9 heteroatoms. The summed E-state index contributed by atoms with van der Waals surface area (Å²) < 4.78 is 22.1. The van der Waals surface area contributed by atoms with Crippen molar-refractivity contribution in [3.63, 3.8) is 0 Å². The minimum atomic E-state index is -0.353. The molecule has 0 aromatic rings. The molecule has 0 aliphatic carbocycles. The summed E-state index contributed by atoms with van der Waals surface area (Å²) in [7, 11) is 11.9. The van der Waals surface area contributed by atoms with E-state index in [9.17, 15) is 0 Å². The molecule has 0 amide bonds. The van der Waals surface area contributed by atoms with Crippen LogP contribution in [0.1, 0.15) is 12.8 Å². The van der Waals surface area contributed by atoms with Crippen molar-refractivity contribution in [2.24, 2.45) is 0 Å². The van der Waals surface area contributed by atoms with E-state index in [4.69, 9.17) is 18.9 Å². The van der Waals surface area contributed by atoms with Gasteiger partial charge < -0.3 is 18.9 Å². The molecule has 0 aliphatic rings. The van der Waals surface area contributed by atoms with E-state index in [-0.39, 0.29) is 29.9 Å². The van der Waals surface area contributed by atoms with Gasteiger partial charge in [-0.1, -0.05) is 34.7 Å². The molecular weight excluding hydrogens is 361 g/mol. The Labute approximate surface area is 146 Å². The highest BCUT2D eigenvalue weighted by atomic mass is 33.5. The van der Waals surface area contributed by atoms with Crippen LogP contribution in [-0.2, 0) is 18.9 Å². The average Bonchev–Trinajstić information content (AvgIpc) is 2.55. The Morgan fingerprint density at radius 1 is 0.714 bits per heavy atom. The van der Waals surface area contributed by atoms with Crippen molar-refractivity contribution < 1.29 is 18.9 Å². The van der Waals surface area contributed by atoms with Crippen LogP contribution in [0.25, 0.3) is 0 Å². The predicted molar refractivity (Wildman–Crippen MR) is 104 cm³/mol. The molecule has 128 valence electrons. The largest absolute Gasteiger partial charge is 0.358 e. The highest BCUT2D eigenvalue weighted by molar-refractivity contribution is 9.09. The quantitative estimate of drug-likeness (QED) is 0.195. The standard InChI is InChI=1S/C12H30O4S3Si2/c1-13-11(14-2,20-5)7-9-17-19-18-10-8-12(15-3,16-4)21-6/h7-10,20-21H2,1-6H3. The van der Waals surface area contributed by atoms with Gasteiger partial charge in [0.05, 0.1) is 19.0 Å². The molecule has 0 spiro atoms. The summed E-state index contributed by atoms with van der Waals surface area (Å²) in [5, 5.41) is 0. The normalized spacial score (nSPS) is 14.0. The first-order valence-corrected chi connectivity index (χ1v) is 15.3. The first-order chi connectivity index (χ1) is 10.1. The van der Waals surface area contributed by atoms with Crippen molar-refractivity contribution >= 4 is 50.5 Å². The van der Waals surface area contributed by atoms with Crippen LogP contribution in [0.5, 0.6) is 0 Å². The summed E-state index contributed by atoms with van der Waals surface area (Å²) in [6, 6.07) is 0. The third-order valence-corrected chi connectivity index (χ3v) is 12.1. The van der Waals surface area contributed by atoms with Crippen molar-refractivity contribution in [1.82, 2.24) is 0 Å². The van der Waals surface area contributed by atoms with Gasteiger partial charge in [-0.15, -0.1) is 0 Å². The number of rotatable bonds is 14. The molecule has 0 fully saturated rings. The molecule has 0 radical (unpaired) electrons. The molecular formula is C12H30O4S3Si2. The van der Waals surface area contributed by atoms with E-state index >= 15 is 0 Å². The fourth-order valence-electron chi connectivity index (χ4n) is 2.00. The molecule has 0 aliphatic heterocycles. The van der Waals surface area contributed by atoms with E-state index in [2.05, 4.69) is 13.1 Å². The van der Waals surface area contributed by atoms with E-state index in [0.29, 0.717) is 0 Å². The van der Waals surface area contributed by atoms with E-state index in [0.717, 1.165) is 24.3 Å². The van der Waals surface area contributed by atoms with Crippen LogP contribution in [0, 0.1) is 0 Å². The van der Waals surface area contributed by atoms with Crippen LogP contribution in [-0.4, -0.2) is 69.8 Å². The molecule has 0 saturated heterocycles. The molecule has 0 aromatic carbocycles. The lowest BCUT2D eigenvalue weighted by Crippen LogP contribution is -2.39. The lowest BCUT2D eigenvalue weighted by Gasteiger charge is -2.30. The third kappa shape index (κ3) is 8.12. The van der Waals surface area contributed by atoms with Gasteiger partial charge in [0, 0.05) is 52.8 Å². The van der Waals surface area contributed by atoms with Crippen molar-refractivity contribution in [3.05, 3.63) is 0 Å². The Balaban J connectivity index is 3.78. The molecule has 21 heavy (non-hydrogen) atoms. The number of hydrogen-bond acceptors (Lipinski definition) is 7. The predicted octanol–water partition coefficient (Wildman–Crippen LogP) is 2.12. The lowest BCUT2D eigenvalue weighted by atomic mass is 10.4. The molecule has 0 unspecified atom stereocenters. The molecule has 0 heterocycles. The highest BCUT2D eigenvalue weighted by Crippen LogP contribution is 2.37. The zero-order chi connectivity index (χ0) is 16.2. The van der Waals surface area contributed by atoms with Gasteiger partial charge in [0.1, 0.15) is 10.8 Å². The second kappa shape index (κ2) is 12.7. The summed E-state index contributed by atoms with van der Waals surface area (Å²) in [5.74, 6) is 2.09. The Bertz CT molecular complexity index is 214. The van der Waals surface area contributed by atoms with Crippen LogP contribution >= 0.6 is 31.4 Å². The van der Waals surface area contributed by atoms with E-state index in [1.165, 1.54) is 0 Å². The summed E-state index contributed by atoms with van der Waals surface area (Å²) in [5.41, 5.74) is -0.569. The van der Waals surface area contributed by atoms with Crippen molar-refractivity contribution in [2.75, 3.05) is 39.9 Å². The second-order valence-electron chi connectivity index (χ2n) is 4.56. The molecule has 0 atom stereocenters. The minimum Gasteiger partial charge on any atom is -0.358 e. The molecule has 0 aromatic heterocycles. The van der Waals surface area contributed by atoms with Gasteiger partial charge in [-0.05, 0) is 9.83 Å². The van der Waals surface area contributed by atoms with Gasteiger partial charge in [0.15, 0.2) is 0 Å². The SMILES string of the molecule is COC(CCSSSCCC(OC)(OC)[SiH2]C)(OC)[SiH2]C. The molecule has 0 rings (SSSR count). The maximum absolute atomic E-state index is 5.53. The van der Waals surface area contributed by atoms with Gasteiger partial charge >= 0.3 is 0 Å². The van der Waals surface area contributed by atoms with Crippen LogP contribution in [0.3, 0.4) is 0 Å². The molecule has 0 N–H and O–H groups in total. The molecule has 0 bridgehead atoms. The van der Waals surface area contributed by atoms with Gasteiger partial charge in [-0.2, -0.15) is 0 Å². The summed E-state index contributed by atoms with van der Waals surface area (Å²) >= 11 is 0. The highest BCUT2D eigenvalue weighted by Gasteiger charge is 2.27. The number of methoxy groups -OCH3 is 4. The smallest absolute Gasteiger partial charge is 0.144 e. The first kappa shape index (κ1) is 22.3. The van der Waals surface area contributed by atoms with Gasteiger partial charge in [-0.3, -0.25) is 0 Å². The third-order valence-electron chi connectivity index (χ3n) is 3.79. The molecule has 0 saturated carbocycles. The summed E-state index contributed by atoms with van der Waals surface area (Å²) in [6.45, 7) is 4.45. The zero-order valence-electron chi connectivity index (χ0n) is 14.1. The van der Waals surface area contributed by atoms with E-state index < -0.39 is 0 Å². The summed E-state index contributed by atoms with van der Waals surface area (Å²) in [4.78, 5) is 0. The van der Waals surface area contributed by atoms with Gasteiger partial charge in [0.2, 0.25) is 0 Å². The first-order valence-electron chi connectivity index (χ1n) is 7.19. The topological polar surface area (TPSA) is 36.9 Å². The Hall–Kier alpha value is 1.32. The van der Waals surface area contributed by atoms with E-state index in [1.54, 1.807) is 28.4 Å². The van der Waals surface area contributed by atoms with Crippen LogP contribution in [0.15, 0.2) is 0 Å². The Morgan fingerprint density at radius 2 is 1.05 bits per heavy atom. The Morgan fingerprint density at radius 3 is 1.29 bits per heavy atom. The lowest BCUT2D eigenvalue weighted by molar-refractivity contribution is -0.145. The van der Waals surface area contributed by atoms with Crippen molar-refractivity contribution in [3.8, 4) is 0 Å². The summed E-state index contributed by atoms with van der Waals surface area (Å²) in [6.07, 6.45) is 1.92. The van der Waals surface area contributed by atoms with Gasteiger partial charge in [0.25, 0.3) is 0 Å². The number of hydrogen-bond donors (Lipinski definition) is 0. The fourth-order valence-corrected chi connectivity index (χ4v) is 8.67. The second-order valence-corrected chi connectivity index (χ2v) is 12.6.